The lowest BCUT2D eigenvalue weighted by Gasteiger charge is -2.23. The van der Waals surface area contributed by atoms with E-state index in [0.717, 1.165) is 16.8 Å². The zero-order chi connectivity index (χ0) is 23.8. The molecule has 0 saturated heterocycles. The highest BCUT2D eigenvalue weighted by Crippen LogP contribution is 2.25. The molecule has 0 aliphatic carbocycles. The number of nitrogens with zero attached hydrogens (tertiary/aromatic N) is 2. The van der Waals surface area contributed by atoms with Crippen LogP contribution in [0.2, 0.25) is 0 Å². The second kappa shape index (κ2) is 10.8. The molecule has 5 nitrogen and oxygen atoms in total. The summed E-state index contributed by atoms with van der Waals surface area (Å²) in [4.78, 5) is 21.2. The van der Waals surface area contributed by atoms with Gasteiger partial charge in [0.05, 0.1) is 23.6 Å². The lowest BCUT2D eigenvalue weighted by molar-refractivity contribution is 0.0471. The molecule has 3 aromatic rings. The highest BCUT2D eigenvalue weighted by atomic mass is 19.3. The van der Waals surface area contributed by atoms with Crippen molar-refractivity contribution in [2.24, 2.45) is 4.99 Å². The fourth-order valence-electron chi connectivity index (χ4n) is 3.22. The summed E-state index contributed by atoms with van der Waals surface area (Å²) in [5, 5.41) is 2.54. The molecular weight excluding hydrogens is 424 g/mol. The number of alkyl carbamates (subject to hydrolysis) is 1. The molecule has 1 amide bonds. The molecule has 0 radical (unpaired) electrons. The number of halogens is 2. The zero-order valence-corrected chi connectivity index (χ0v) is 18.8. The number of rotatable bonds is 7. The van der Waals surface area contributed by atoms with E-state index in [4.69, 9.17) is 9.73 Å². The van der Waals surface area contributed by atoms with Crippen LogP contribution in [0.25, 0.3) is 0 Å². The Hall–Kier alpha value is -3.61. The monoisotopic (exact) mass is 451 g/mol. The minimum Gasteiger partial charge on any atom is -0.444 e. The topological polar surface area (TPSA) is 63.6 Å². The van der Waals surface area contributed by atoms with Crippen molar-refractivity contribution in [2.45, 2.75) is 45.3 Å². The Morgan fingerprint density at radius 3 is 2.09 bits per heavy atom. The molecule has 1 unspecified atom stereocenters. The summed E-state index contributed by atoms with van der Waals surface area (Å²) in [5.74, 6) is 0. The fraction of sp³-hybridized carbons (Fsp3) is 0.269. The molecule has 1 atom stereocenters. The van der Waals surface area contributed by atoms with Crippen molar-refractivity contribution in [1.29, 1.82) is 0 Å². The number of amides is 1. The summed E-state index contributed by atoms with van der Waals surface area (Å²) in [5.41, 5.74) is 2.70. The summed E-state index contributed by atoms with van der Waals surface area (Å²) < 4.78 is 31.8. The van der Waals surface area contributed by atoms with Gasteiger partial charge >= 0.3 is 6.09 Å². The first-order valence-electron chi connectivity index (χ1n) is 10.6. The number of pyridine rings is 1. The molecule has 2 aromatic carbocycles. The van der Waals surface area contributed by atoms with Crippen LogP contribution in [-0.2, 0) is 4.74 Å². The summed E-state index contributed by atoms with van der Waals surface area (Å²) in [7, 11) is 0. The van der Waals surface area contributed by atoms with E-state index in [9.17, 15) is 13.6 Å². The number of aromatic nitrogens is 1. The van der Waals surface area contributed by atoms with Crippen LogP contribution < -0.4 is 5.32 Å². The Morgan fingerprint density at radius 2 is 1.58 bits per heavy atom. The maximum atomic E-state index is 13.3. The molecular formula is C26H27F2N3O2. The standard InChI is InChI=1S/C26H27F2N3O2/c1-26(2,3)33-25(32)31-22(15-23(27)28)20-14-21(17-29-16-20)30-24(18-10-6-4-7-11-18)19-12-8-5-9-13-19/h4-14,16-17,22-23H,15H2,1-3H3,(H,31,32). The van der Waals surface area contributed by atoms with Crippen molar-refractivity contribution in [2.75, 3.05) is 0 Å². The van der Waals surface area contributed by atoms with Gasteiger partial charge < -0.3 is 10.1 Å². The van der Waals surface area contributed by atoms with Gasteiger partial charge in [-0.25, -0.2) is 18.6 Å². The maximum Gasteiger partial charge on any atom is 0.408 e. The number of carbonyl (C=O) groups excluding carboxylic acids is 1. The Balaban J connectivity index is 1.96. The second-order valence-corrected chi connectivity index (χ2v) is 8.49. The van der Waals surface area contributed by atoms with Gasteiger partial charge in [-0.1, -0.05) is 60.7 Å². The van der Waals surface area contributed by atoms with Crippen LogP contribution in [0.15, 0.2) is 84.1 Å². The number of aliphatic imine (C=N–C) groups is 1. The summed E-state index contributed by atoms with van der Waals surface area (Å²) in [6, 6.07) is 20.0. The van der Waals surface area contributed by atoms with Crippen molar-refractivity contribution in [1.82, 2.24) is 10.3 Å². The van der Waals surface area contributed by atoms with Crippen LogP contribution in [0.1, 0.15) is 49.9 Å². The molecule has 3 rings (SSSR count). The number of alkyl halides is 2. The van der Waals surface area contributed by atoms with Gasteiger partial charge in [0, 0.05) is 23.7 Å². The average molecular weight is 452 g/mol. The van der Waals surface area contributed by atoms with Gasteiger partial charge in [-0.3, -0.25) is 4.98 Å². The minimum atomic E-state index is -2.62. The maximum absolute atomic E-state index is 13.3. The van der Waals surface area contributed by atoms with Crippen molar-refractivity contribution in [3.8, 4) is 0 Å². The van der Waals surface area contributed by atoms with Gasteiger partial charge in [0.15, 0.2) is 0 Å². The number of carbonyl (C=O) groups is 1. The predicted molar refractivity (Wildman–Crippen MR) is 125 cm³/mol. The van der Waals surface area contributed by atoms with Crippen molar-refractivity contribution in [3.63, 3.8) is 0 Å². The average Bonchev–Trinajstić information content (AvgIpc) is 2.77. The first-order chi connectivity index (χ1) is 15.7. The molecule has 1 aromatic heterocycles. The number of ether oxygens (including phenoxy) is 1. The van der Waals surface area contributed by atoms with Crippen molar-refractivity contribution in [3.05, 3.63) is 95.8 Å². The van der Waals surface area contributed by atoms with Crippen molar-refractivity contribution < 1.29 is 18.3 Å². The molecule has 33 heavy (non-hydrogen) atoms. The molecule has 0 spiro atoms. The summed E-state index contributed by atoms with van der Waals surface area (Å²) in [6.45, 7) is 5.13. The highest BCUT2D eigenvalue weighted by Gasteiger charge is 2.24. The Labute approximate surface area is 192 Å². The van der Waals surface area contributed by atoms with Gasteiger partial charge in [0.2, 0.25) is 6.43 Å². The first-order valence-corrected chi connectivity index (χ1v) is 10.6. The lowest BCUT2D eigenvalue weighted by Crippen LogP contribution is -2.35. The van der Waals surface area contributed by atoms with Crippen LogP contribution >= 0.6 is 0 Å². The molecule has 1 N–H and O–H groups in total. The third-order valence-electron chi connectivity index (χ3n) is 4.59. The van der Waals surface area contributed by atoms with Gasteiger partial charge in [-0.2, -0.15) is 0 Å². The van der Waals surface area contributed by atoms with Crippen LogP contribution in [-0.4, -0.2) is 28.8 Å². The van der Waals surface area contributed by atoms with E-state index in [2.05, 4.69) is 10.3 Å². The van der Waals surface area contributed by atoms with Gasteiger partial charge in [-0.05, 0) is 32.4 Å². The largest absolute Gasteiger partial charge is 0.444 e. The smallest absolute Gasteiger partial charge is 0.408 e. The van der Waals surface area contributed by atoms with E-state index in [0.29, 0.717) is 11.3 Å². The number of hydrogen-bond donors (Lipinski definition) is 1. The Bertz CT molecular complexity index is 1040. The van der Waals surface area contributed by atoms with Crippen LogP contribution in [0.5, 0.6) is 0 Å². The van der Waals surface area contributed by atoms with E-state index < -0.39 is 30.6 Å². The van der Waals surface area contributed by atoms with Crippen LogP contribution in [0, 0.1) is 0 Å². The molecule has 0 aliphatic heterocycles. The van der Waals surface area contributed by atoms with Crippen molar-refractivity contribution >= 4 is 17.5 Å². The minimum absolute atomic E-state index is 0.419. The third-order valence-corrected chi connectivity index (χ3v) is 4.59. The molecule has 7 heteroatoms. The molecule has 0 fully saturated rings. The number of hydrogen-bond acceptors (Lipinski definition) is 4. The normalized spacial score (nSPS) is 12.2. The summed E-state index contributed by atoms with van der Waals surface area (Å²) in [6.07, 6.45) is -0.952. The quantitative estimate of drug-likeness (QED) is 0.419. The third kappa shape index (κ3) is 7.49. The van der Waals surface area contributed by atoms with E-state index in [1.807, 2.05) is 60.7 Å². The Kier molecular flexibility index (Phi) is 7.87. The van der Waals surface area contributed by atoms with Crippen LogP contribution in [0.3, 0.4) is 0 Å². The molecule has 0 aliphatic rings. The van der Waals surface area contributed by atoms with E-state index in [1.54, 1.807) is 33.0 Å². The Morgan fingerprint density at radius 1 is 1.00 bits per heavy atom. The molecule has 1 heterocycles. The van der Waals surface area contributed by atoms with Crippen LogP contribution in [0.4, 0.5) is 19.3 Å². The second-order valence-electron chi connectivity index (χ2n) is 8.49. The first kappa shape index (κ1) is 24.0. The fourth-order valence-corrected chi connectivity index (χ4v) is 3.22. The van der Waals surface area contributed by atoms with E-state index in [1.165, 1.54) is 6.20 Å². The van der Waals surface area contributed by atoms with Gasteiger partial charge in [0.1, 0.15) is 5.60 Å². The molecule has 0 bridgehead atoms. The van der Waals surface area contributed by atoms with Gasteiger partial charge in [-0.15, -0.1) is 0 Å². The van der Waals surface area contributed by atoms with E-state index >= 15 is 0 Å². The predicted octanol–water partition coefficient (Wildman–Crippen LogP) is 6.47. The lowest BCUT2D eigenvalue weighted by atomic mass is 10.0. The van der Waals surface area contributed by atoms with Gasteiger partial charge in [0.25, 0.3) is 0 Å². The van der Waals surface area contributed by atoms with E-state index in [-0.39, 0.29) is 0 Å². The SMILES string of the molecule is CC(C)(C)OC(=O)NC(CC(F)F)c1cncc(N=C(c2ccccc2)c2ccccc2)c1. The molecule has 172 valence electrons. The number of benzene rings is 2. The number of nitrogens with one attached hydrogen (secondary N) is 1. The highest BCUT2D eigenvalue weighted by molar-refractivity contribution is 6.13. The zero-order valence-electron chi connectivity index (χ0n) is 18.8. The molecule has 0 saturated carbocycles. The summed E-state index contributed by atoms with van der Waals surface area (Å²) >= 11 is 0.